The fourth-order valence-electron chi connectivity index (χ4n) is 4.46. The van der Waals surface area contributed by atoms with Crippen LogP contribution >= 0.6 is 0 Å². The number of nitrogens with zero attached hydrogens (tertiary/aromatic N) is 4. The van der Waals surface area contributed by atoms with E-state index in [2.05, 4.69) is 10.3 Å². The summed E-state index contributed by atoms with van der Waals surface area (Å²) in [6.45, 7) is 4.09. The van der Waals surface area contributed by atoms with Gasteiger partial charge in [0.2, 0.25) is 10.0 Å². The monoisotopic (exact) mass is 473 g/mol. The van der Waals surface area contributed by atoms with E-state index in [1.54, 1.807) is 17.9 Å². The first-order valence-corrected chi connectivity index (χ1v) is 12.1. The van der Waals surface area contributed by atoms with Crippen LogP contribution in [0.4, 0.5) is 4.79 Å². The van der Waals surface area contributed by atoms with E-state index >= 15 is 0 Å². The molecule has 0 bridgehead atoms. The van der Waals surface area contributed by atoms with Crippen LogP contribution in [0.1, 0.15) is 26.4 Å². The Hall–Kier alpha value is -3.09. The fraction of sp³-hybridized carbons (Fsp3) is 0.429. The lowest BCUT2D eigenvalue weighted by molar-refractivity contribution is 0.0644. The molecule has 4 heterocycles. The molecule has 2 saturated heterocycles. The van der Waals surface area contributed by atoms with Gasteiger partial charge in [0.05, 0.1) is 40.4 Å². The van der Waals surface area contributed by atoms with Crippen LogP contribution in [0.3, 0.4) is 0 Å². The summed E-state index contributed by atoms with van der Waals surface area (Å²) in [7, 11) is -3.79. The summed E-state index contributed by atoms with van der Waals surface area (Å²) in [5.41, 5.74) is 1.18. The number of amides is 4. The van der Waals surface area contributed by atoms with E-state index in [1.807, 2.05) is 0 Å². The molecule has 0 atom stereocenters. The zero-order chi connectivity index (χ0) is 23.3. The van der Waals surface area contributed by atoms with Crippen molar-refractivity contribution >= 4 is 38.8 Å². The van der Waals surface area contributed by atoms with Gasteiger partial charge >= 0.3 is 6.03 Å². The van der Waals surface area contributed by atoms with Crippen molar-refractivity contribution in [2.45, 2.75) is 11.8 Å². The summed E-state index contributed by atoms with van der Waals surface area (Å²) < 4.78 is 32.9. The Morgan fingerprint density at radius 3 is 2.45 bits per heavy atom. The van der Waals surface area contributed by atoms with Gasteiger partial charge in [0.1, 0.15) is 0 Å². The van der Waals surface area contributed by atoms with Gasteiger partial charge in [-0.1, -0.05) is 0 Å². The molecule has 3 aliphatic heterocycles. The van der Waals surface area contributed by atoms with Gasteiger partial charge in [0.15, 0.2) is 0 Å². The standard InChI is InChI=1S/C21H23N5O6S/c1-13-17-18(20(28)26(19(17)27)7-6-24-5-4-22-21(24)29)15-12-14(2-3-16(15)23-13)33(30,31)25-8-10-32-11-9-25/h2-3,12H,4-11H2,1H3,(H,22,29). The van der Waals surface area contributed by atoms with Crippen molar-refractivity contribution in [3.8, 4) is 0 Å². The number of urea groups is 1. The molecule has 2 aromatic rings. The SMILES string of the molecule is Cc1nc2ccc(S(=O)(=O)N3CCOCC3)cc2c2c1C(=O)N(CCN1CCNC1=O)C2=O. The van der Waals surface area contributed by atoms with Crippen LogP contribution < -0.4 is 5.32 Å². The smallest absolute Gasteiger partial charge is 0.317 e. The summed E-state index contributed by atoms with van der Waals surface area (Å²) in [6, 6.07) is 4.23. The molecule has 4 amide bonds. The predicted molar refractivity (Wildman–Crippen MR) is 116 cm³/mol. The van der Waals surface area contributed by atoms with E-state index in [0.717, 1.165) is 4.90 Å². The number of aryl methyl sites for hydroxylation is 1. The number of nitrogens with one attached hydrogen (secondary N) is 1. The van der Waals surface area contributed by atoms with Gasteiger partial charge in [0, 0.05) is 44.7 Å². The Morgan fingerprint density at radius 1 is 1.03 bits per heavy atom. The maximum absolute atomic E-state index is 13.3. The fourth-order valence-corrected chi connectivity index (χ4v) is 5.89. The number of benzene rings is 1. The first-order valence-electron chi connectivity index (χ1n) is 10.7. The maximum Gasteiger partial charge on any atom is 0.317 e. The normalized spacial score (nSPS) is 19.5. The molecule has 174 valence electrons. The Labute approximate surface area is 190 Å². The molecular formula is C21H23N5O6S. The number of pyridine rings is 1. The Morgan fingerprint density at radius 2 is 1.76 bits per heavy atom. The quantitative estimate of drug-likeness (QED) is 0.614. The lowest BCUT2D eigenvalue weighted by Gasteiger charge is -2.26. The topological polar surface area (TPSA) is 129 Å². The molecule has 1 N–H and O–H groups in total. The van der Waals surface area contributed by atoms with E-state index < -0.39 is 21.8 Å². The summed E-state index contributed by atoms with van der Waals surface area (Å²) in [5, 5.41) is 3.01. The van der Waals surface area contributed by atoms with Gasteiger partial charge in [-0.05, 0) is 25.1 Å². The Bertz CT molecular complexity index is 1290. The third-order valence-corrected chi connectivity index (χ3v) is 8.10. The van der Waals surface area contributed by atoms with Gasteiger partial charge in [-0.25, -0.2) is 13.2 Å². The number of hydrogen-bond donors (Lipinski definition) is 1. The molecule has 0 aliphatic carbocycles. The number of ether oxygens (including phenoxy) is 1. The molecule has 0 unspecified atom stereocenters. The van der Waals surface area contributed by atoms with Gasteiger partial charge in [0.25, 0.3) is 11.8 Å². The van der Waals surface area contributed by atoms with Gasteiger partial charge in [-0.15, -0.1) is 0 Å². The van der Waals surface area contributed by atoms with E-state index in [4.69, 9.17) is 4.74 Å². The predicted octanol–water partition coefficient (Wildman–Crippen LogP) is 0.185. The van der Waals surface area contributed by atoms with Crippen LogP contribution in [-0.2, 0) is 14.8 Å². The number of sulfonamides is 1. The van der Waals surface area contributed by atoms with Crippen molar-refractivity contribution in [3.05, 3.63) is 35.0 Å². The second-order valence-corrected chi connectivity index (χ2v) is 10.1. The lowest BCUT2D eigenvalue weighted by Crippen LogP contribution is -2.40. The number of fused-ring (bicyclic) bond motifs is 3. The number of imide groups is 1. The average molecular weight is 474 g/mol. The van der Waals surface area contributed by atoms with Crippen LogP contribution in [0.15, 0.2) is 23.1 Å². The summed E-state index contributed by atoms with van der Waals surface area (Å²) in [5.74, 6) is -0.992. The lowest BCUT2D eigenvalue weighted by atomic mass is 10.0. The number of carbonyl (C=O) groups excluding carboxylic acids is 3. The molecule has 1 aromatic heterocycles. The zero-order valence-corrected chi connectivity index (χ0v) is 18.9. The van der Waals surface area contributed by atoms with E-state index in [9.17, 15) is 22.8 Å². The van der Waals surface area contributed by atoms with Crippen LogP contribution in [0.5, 0.6) is 0 Å². The minimum absolute atomic E-state index is 0.0391. The van der Waals surface area contributed by atoms with Crippen molar-refractivity contribution in [1.29, 1.82) is 0 Å². The van der Waals surface area contributed by atoms with E-state index in [-0.39, 0.29) is 48.2 Å². The van der Waals surface area contributed by atoms with Crippen molar-refractivity contribution < 1.29 is 27.5 Å². The number of carbonyl (C=O) groups is 3. The Balaban J connectivity index is 1.52. The number of aromatic nitrogens is 1. The van der Waals surface area contributed by atoms with Crippen LogP contribution in [0, 0.1) is 6.92 Å². The summed E-state index contributed by atoms with van der Waals surface area (Å²) >= 11 is 0. The van der Waals surface area contributed by atoms with Crippen LogP contribution in [0.25, 0.3) is 10.9 Å². The van der Waals surface area contributed by atoms with Crippen molar-refractivity contribution in [3.63, 3.8) is 0 Å². The molecule has 0 radical (unpaired) electrons. The highest BCUT2D eigenvalue weighted by Gasteiger charge is 2.40. The number of hydrogen-bond acceptors (Lipinski definition) is 7. The highest BCUT2D eigenvalue weighted by Crippen LogP contribution is 2.33. The van der Waals surface area contributed by atoms with Gasteiger partial charge in [-0.3, -0.25) is 19.5 Å². The molecule has 1 aromatic carbocycles. The first kappa shape index (κ1) is 21.7. The third-order valence-electron chi connectivity index (χ3n) is 6.20. The highest BCUT2D eigenvalue weighted by atomic mass is 32.2. The molecule has 12 heteroatoms. The molecule has 5 rings (SSSR count). The first-order chi connectivity index (χ1) is 15.8. The molecule has 0 spiro atoms. The summed E-state index contributed by atoms with van der Waals surface area (Å²) in [4.78, 5) is 45.3. The number of morpholine rings is 1. The molecular weight excluding hydrogens is 450 g/mol. The molecule has 0 saturated carbocycles. The molecule has 2 fully saturated rings. The molecule has 11 nitrogen and oxygen atoms in total. The maximum atomic E-state index is 13.3. The van der Waals surface area contributed by atoms with Crippen molar-refractivity contribution in [2.24, 2.45) is 0 Å². The Kier molecular flexibility index (Phi) is 5.30. The third kappa shape index (κ3) is 3.54. The second kappa shape index (κ2) is 8.04. The minimum Gasteiger partial charge on any atom is -0.379 e. The van der Waals surface area contributed by atoms with E-state index in [1.165, 1.54) is 16.4 Å². The van der Waals surface area contributed by atoms with E-state index in [0.29, 0.717) is 42.9 Å². The van der Waals surface area contributed by atoms with Crippen LogP contribution in [-0.4, -0.2) is 97.8 Å². The van der Waals surface area contributed by atoms with Gasteiger partial charge < -0.3 is 15.0 Å². The van der Waals surface area contributed by atoms with Crippen molar-refractivity contribution in [1.82, 2.24) is 24.4 Å². The molecule has 33 heavy (non-hydrogen) atoms. The van der Waals surface area contributed by atoms with Gasteiger partial charge in [-0.2, -0.15) is 4.31 Å². The van der Waals surface area contributed by atoms with Crippen molar-refractivity contribution in [2.75, 3.05) is 52.5 Å². The van der Waals surface area contributed by atoms with Crippen LogP contribution in [0.2, 0.25) is 0 Å². The zero-order valence-electron chi connectivity index (χ0n) is 18.0. The minimum atomic E-state index is -3.79. The second-order valence-electron chi connectivity index (χ2n) is 8.12. The summed E-state index contributed by atoms with van der Waals surface area (Å²) in [6.07, 6.45) is 0. The molecule has 3 aliphatic rings. The largest absolute Gasteiger partial charge is 0.379 e. The number of rotatable bonds is 5. The average Bonchev–Trinajstić information content (AvgIpc) is 3.33. The highest BCUT2D eigenvalue weighted by molar-refractivity contribution is 7.89.